The fraction of sp³-hybridized carbons (Fsp3) is 0.450. The predicted octanol–water partition coefficient (Wildman–Crippen LogP) is 2.15. The van der Waals surface area contributed by atoms with E-state index >= 15 is 0 Å². The van der Waals surface area contributed by atoms with Crippen LogP contribution in [0.3, 0.4) is 0 Å². The minimum absolute atomic E-state index is 0.104. The number of likely N-dealkylation sites (N-methyl/N-ethyl adjacent to an activating group) is 1. The van der Waals surface area contributed by atoms with Crippen molar-refractivity contribution in [3.8, 4) is 29.9 Å². The van der Waals surface area contributed by atoms with Crippen molar-refractivity contribution >= 4 is 33.4 Å². The molecule has 0 N–H and O–H groups in total. The molecule has 148 valence electrons. The number of fused-ring (bicyclic) bond motifs is 3. The summed E-state index contributed by atoms with van der Waals surface area (Å²) in [6, 6.07) is 6.54. The maximum atomic E-state index is 13.8. The highest BCUT2D eigenvalue weighted by Gasteiger charge is 2.66. The van der Waals surface area contributed by atoms with Crippen molar-refractivity contribution in [2.75, 3.05) is 13.8 Å². The molecule has 0 aliphatic carbocycles. The molecule has 6 rings (SSSR count). The van der Waals surface area contributed by atoms with Gasteiger partial charge in [0, 0.05) is 13.5 Å². The Bertz CT molecular complexity index is 1020. The molecule has 0 spiro atoms. The molecule has 29 heavy (non-hydrogen) atoms. The van der Waals surface area contributed by atoms with Crippen LogP contribution in [0.25, 0.3) is 0 Å². The Hall–Kier alpha value is -2.49. The van der Waals surface area contributed by atoms with Gasteiger partial charge < -0.3 is 19.3 Å². The van der Waals surface area contributed by atoms with Gasteiger partial charge in [0.25, 0.3) is 5.91 Å². The predicted molar refractivity (Wildman–Crippen MR) is 108 cm³/mol. The molecule has 2 amide bonds. The van der Waals surface area contributed by atoms with Gasteiger partial charge in [0.15, 0.2) is 16.4 Å². The van der Waals surface area contributed by atoms with Crippen LogP contribution < -0.4 is 9.47 Å². The molecule has 4 fully saturated rings. The molecule has 5 heterocycles. The molecule has 0 aromatic heterocycles. The normalized spacial score (nSPS) is 37.2. The van der Waals surface area contributed by atoms with E-state index in [1.54, 1.807) is 31.0 Å². The lowest BCUT2D eigenvalue weighted by Crippen LogP contribution is -2.55. The van der Waals surface area contributed by atoms with Gasteiger partial charge in [-0.1, -0.05) is 33.6 Å². The molecule has 4 saturated heterocycles. The van der Waals surface area contributed by atoms with Crippen LogP contribution in [0.15, 0.2) is 18.2 Å². The molecular formula is C20H17N3O4S2. The van der Waals surface area contributed by atoms with Gasteiger partial charge in [-0.2, -0.15) is 5.26 Å². The molecule has 7 nitrogen and oxygen atoms in total. The second-order valence-electron chi connectivity index (χ2n) is 7.71. The van der Waals surface area contributed by atoms with E-state index in [2.05, 4.69) is 12.0 Å². The summed E-state index contributed by atoms with van der Waals surface area (Å²) in [4.78, 5) is 29.0. The lowest BCUT2D eigenvalue weighted by atomic mass is 9.78. The second kappa shape index (κ2) is 6.01. The minimum atomic E-state index is -1.23. The van der Waals surface area contributed by atoms with E-state index in [1.807, 2.05) is 6.07 Å². The first-order valence-electron chi connectivity index (χ1n) is 9.10. The number of nitriles is 1. The van der Waals surface area contributed by atoms with Crippen molar-refractivity contribution in [3.05, 3.63) is 23.8 Å². The lowest BCUT2D eigenvalue weighted by molar-refractivity contribution is -0.143. The summed E-state index contributed by atoms with van der Waals surface area (Å²) in [5, 5.41) is 9.64. The van der Waals surface area contributed by atoms with Crippen LogP contribution in [0, 0.1) is 29.1 Å². The van der Waals surface area contributed by atoms with Gasteiger partial charge in [-0.25, -0.2) is 0 Å². The number of rotatable bonds is 1. The summed E-state index contributed by atoms with van der Waals surface area (Å²) in [6.07, 6.45) is 6.13. The van der Waals surface area contributed by atoms with Crippen LogP contribution in [0.1, 0.15) is 24.9 Å². The molecule has 2 bridgehead atoms. The van der Waals surface area contributed by atoms with Crippen LogP contribution in [0.4, 0.5) is 0 Å². The number of ether oxygens (including phenoxy) is 2. The van der Waals surface area contributed by atoms with Gasteiger partial charge in [0.05, 0.1) is 18.2 Å². The third-order valence-electron chi connectivity index (χ3n) is 6.31. The zero-order valence-corrected chi connectivity index (χ0v) is 17.4. The summed E-state index contributed by atoms with van der Waals surface area (Å²) in [6.45, 7) is 1.88. The SMILES string of the molecule is C#C[C@]1(C#N)CC2[C@H]3SS[C@@](C)(C(=O)N2[C@H]1c1ccc2c(c1)OCO2)N(C)C3=O. The summed E-state index contributed by atoms with van der Waals surface area (Å²) in [5.41, 5.74) is -0.522. The second-order valence-corrected chi connectivity index (χ2v) is 10.4. The molecule has 5 aliphatic heterocycles. The summed E-state index contributed by atoms with van der Waals surface area (Å²) in [5.74, 6) is 3.53. The van der Waals surface area contributed by atoms with Crippen LogP contribution >= 0.6 is 21.6 Å². The molecule has 0 saturated carbocycles. The highest BCUT2D eigenvalue weighted by atomic mass is 33.1. The molecule has 5 aliphatic rings. The van der Waals surface area contributed by atoms with Crippen molar-refractivity contribution < 1.29 is 19.1 Å². The summed E-state index contributed by atoms with van der Waals surface area (Å²) in [7, 11) is 4.46. The number of carbonyl (C=O) groups is 2. The van der Waals surface area contributed by atoms with Crippen molar-refractivity contribution in [3.63, 3.8) is 0 Å². The first-order chi connectivity index (χ1) is 13.9. The van der Waals surface area contributed by atoms with Crippen molar-refractivity contribution in [1.29, 1.82) is 5.26 Å². The van der Waals surface area contributed by atoms with E-state index in [4.69, 9.17) is 15.9 Å². The third-order valence-corrected chi connectivity index (χ3v) is 9.79. The number of hydrogen-bond acceptors (Lipinski definition) is 7. The number of terminal acetylenes is 1. The largest absolute Gasteiger partial charge is 0.454 e. The van der Waals surface area contributed by atoms with E-state index in [9.17, 15) is 14.9 Å². The number of carbonyl (C=O) groups excluding carboxylic acids is 2. The fourth-order valence-electron chi connectivity index (χ4n) is 4.59. The lowest BCUT2D eigenvalue weighted by Gasteiger charge is -2.40. The van der Waals surface area contributed by atoms with E-state index in [0.717, 1.165) is 0 Å². The Morgan fingerprint density at radius 3 is 2.79 bits per heavy atom. The highest BCUT2D eigenvalue weighted by molar-refractivity contribution is 8.77. The highest BCUT2D eigenvalue weighted by Crippen LogP contribution is 2.60. The number of amides is 2. The Morgan fingerprint density at radius 2 is 2.07 bits per heavy atom. The maximum Gasteiger partial charge on any atom is 0.260 e. The summed E-state index contributed by atoms with van der Waals surface area (Å²) >= 11 is 0. The van der Waals surface area contributed by atoms with E-state index in [-0.39, 0.29) is 25.0 Å². The van der Waals surface area contributed by atoms with Crippen molar-refractivity contribution in [2.45, 2.75) is 35.5 Å². The Balaban J connectivity index is 1.70. The van der Waals surface area contributed by atoms with Gasteiger partial charge in [-0.15, -0.1) is 6.42 Å². The average molecular weight is 428 g/mol. The maximum absolute atomic E-state index is 13.8. The van der Waals surface area contributed by atoms with Crippen LogP contribution in [-0.4, -0.2) is 51.6 Å². The molecule has 1 aromatic carbocycles. The third kappa shape index (κ3) is 2.23. The number of hydrogen-bond donors (Lipinski definition) is 0. The number of benzene rings is 1. The quantitative estimate of drug-likeness (QED) is 0.502. The van der Waals surface area contributed by atoms with Crippen LogP contribution in [0.2, 0.25) is 0 Å². The Labute approximate surface area is 176 Å². The van der Waals surface area contributed by atoms with Crippen molar-refractivity contribution in [2.24, 2.45) is 5.41 Å². The fourth-order valence-corrected chi connectivity index (χ4v) is 7.91. The van der Waals surface area contributed by atoms with Gasteiger partial charge in [-0.05, 0) is 24.6 Å². The summed E-state index contributed by atoms with van der Waals surface area (Å²) < 4.78 is 10.9. The van der Waals surface area contributed by atoms with Crippen molar-refractivity contribution in [1.82, 2.24) is 9.80 Å². The molecular weight excluding hydrogens is 410 g/mol. The first-order valence-corrected chi connectivity index (χ1v) is 11.3. The van der Waals surface area contributed by atoms with Crippen LogP contribution in [0.5, 0.6) is 11.5 Å². The van der Waals surface area contributed by atoms with Crippen LogP contribution in [-0.2, 0) is 9.59 Å². The topological polar surface area (TPSA) is 82.9 Å². The smallest absolute Gasteiger partial charge is 0.260 e. The van der Waals surface area contributed by atoms with Gasteiger partial charge in [0.1, 0.15) is 10.7 Å². The molecule has 1 unspecified atom stereocenters. The van der Waals surface area contributed by atoms with Gasteiger partial charge in [-0.3, -0.25) is 9.59 Å². The first kappa shape index (κ1) is 18.5. The molecule has 5 atom stereocenters. The Kier molecular flexibility index (Phi) is 3.84. The zero-order chi connectivity index (χ0) is 20.6. The van der Waals surface area contributed by atoms with Gasteiger partial charge >= 0.3 is 0 Å². The average Bonchev–Trinajstić information content (AvgIpc) is 3.30. The number of nitrogens with zero attached hydrogens (tertiary/aromatic N) is 3. The van der Waals surface area contributed by atoms with E-state index < -0.39 is 27.6 Å². The monoisotopic (exact) mass is 427 g/mol. The zero-order valence-electron chi connectivity index (χ0n) is 15.7. The van der Waals surface area contributed by atoms with E-state index in [0.29, 0.717) is 17.1 Å². The molecule has 0 radical (unpaired) electrons. The standard InChI is InChI=1S/C20H17N3O4S2/c1-4-20(9-21)8-12-15-17(24)22(3)19(2,29-28-15)18(25)23(12)16(20)11-5-6-13-14(7-11)27-10-26-13/h1,5-7,12,15-16H,8,10H2,2-3H3/t12?,15-,16+,19+,20-/m1/s1. The Morgan fingerprint density at radius 1 is 1.31 bits per heavy atom. The van der Waals surface area contributed by atoms with E-state index in [1.165, 1.54) is 26.5 Å². The molecule has 9 heteroatoms. The molecule has 1 aromatic rings. The van der Waals surface area contributed by atoms with Gasteiger partial charge in [0.2, 0.25) is 12.7 Å². The minimum Gasteiger partial charge on any atom is -0.454 e.